The van der Waals surface area contributed by atoms with Crippen LogP contribution in [0.3, 0.4) is 0 Å². The second-order valence-electron chi connectivity index (χ2n) is 8.22. The van der Waals surface area contributed by atoms with Gasteiger partial charge in [-0.15, -0.1) is 11.3 Å². The van der Waals surface area contributed by atoms with E-state index in [0.29, 0.717) is 41.9 Å². The summed E-state index contributed by atoms with van der Waals surface area (Å²) in [5.74, 6) is 0.446. The Balaban J connectivity index is 1.36. The number of anilines is 1. The van der Waals surface area contributed by atoms with Crippen LogP contribution < -0.4 is 5.32 Å². The number of aryl methyl sites for hydroxylation is 2. The highest BCUT2D eigenvalue weighted by Gasteiger charge is 2.32. The molecule has 0 bridgehead atoms. The number of hydrogen-bond acceptors (Lipinski definition) is 5. The molecule has 29 heavy (non-hydrogen) atoms. The summed E-state index contributed by atoms with van der Waals surface area (Å²) in [5.41, 5.74) is 2.15. The second kappa shape index (κ2) is 8.16. The van der Waals surface area contributed by atoms with Gasteiger partial charge in [0.15, 0.2) is 5.13 Å². The number of nitrogens with zero attached hydrogens (tertiary/aromatic N) is 2. The molecule has 1 aliphatic heterocycles. The fraction of sp³-hybridized carbons (Fsp3) is 0.524. The number of carbonyl (C=O) groups is 1. The zero-order chi connectivity index (χ0) is 20.6. The van der Waals surface area contributed by atoms with Crippen LogP contribution in [-0.2, 0) is 27.7 Å². The van der Waals surface area contributed by atoms with Crippen molar-refractivity contribution < 1.29 is 13.2 Å². The molecule has 1 aliphatic carbocycles. The average Bonchev–Trinajstić information content (AvgIpc) is 3.09. The lowest BCUT2D eigenvalue weighted by Gasteiger charge is -2.30. The molecule has 1 fully saturated rings. The normalized spacial score (nSPS) is 21.0. The van der Waals surface area contributed by atoms with Crippen molar-refractivity contribution in [2.75, 3.05) is 18.4 Å². The maximum atomic E-state index is 12.8. The number of carbonyl (C=O) groups excluding carboxylic acids is 1. The zero-order valence-corrected chi connectivity index (χ0v) is 18.5. The van der Waals surface area contributed by atoms with Crippen LogP contribution in [0, 0.1) is 18.8 Å². The Labute approximate surface area is 176 Å². The summed E-state index contributed by atoms with van der Waals surface area (Å²) in [4.78, 5) is 18.9. The van der Waals surface area contributed by atoms with Crippen molar-refractivity contribution >= 4 is 32.4 Å². The van der Waals surface area contributed by atoms with Crippen molar-refractivity contribution in [3.05, 3.63) is 40.4 Å². The summed E-state index contributed by atoms with van der Waals surface area (Å²) >= 11 is 1.59. The van der Waals surface area contributed by atoms with E-state index in [1.54, 1.807) is 35.6 Å². The highest BCUT2D eigenvalue weighted by atomic mass is 32.2. The molecule has 0 saturated carbocycles. The quantitative estimate of drug-likeness (QED) is 0.799. The molecule has 1 aromatic heterocycles. The molecule has 1 aromatic carbocycles. The standard InChI is InChI=1S/C21H27N3O3S2/c1-14-3-6-17(7-4-14)29(26,27)24-11-9-16(10-12-24)20(25)23-21-22-18-8-5-15(2)13-19(18)28-21/h3-4,6-7,15-16H,5,8-13H2,1-2H3,(H,22,23,25). The van der Waals surface area contributed by atoms with Crippen molar-refractivity contribution in [1.82, 2.24) is 9.29 Å². The minimum Gasteiger partial charge on any atom is -0.302 e. The molecular formula is C21H27N3O3S2. The van der Waals surface area contributed by atoms with E-state index in [9.17, 15) is 13.2 Å². The predicted octanol–water partition coefficient (Wildman–Crippen LogP) is 3.62. The van der Waals surface area contributed by atoms with Crippen LogP contribution in [0.25, 0.3) is 0 Å². The van der Waals surface area contributed by atoms with E-state index in [1.165, 1.54) is 9.18 Å². The topological polar surface area (TPSA) is 79.4 Å². The van der Waals surface area contributed by atoms with Crippen LogP contribution in [0.1, 0.15) is 42.3 Å². The third kappa shape index (κ3) is 4.39. The number of piperidine rings is 1. The molecule has 8 heteroatoms. The van der Waals surface area contributed by atoms with Gasteiger partial charge in [0, 0.05) is 23.9 Å². The van der Waals surface area contributed by atoms with Gasteiger partial charge in [0.1, 0.15) is 0 Å². The minimum absolute atomic E-state index is 0.0449. The summed E-state index contributed by atoms with van der Waals surface area (Å²) < 4.78 is 27.1. The highest BCUT2D eigenvalue weighted by molar-refractivity contribution is 7.89. The Hall–Kier alpha value is -1.77. The SMILES string of the molecule is Cc1ccc(S(=O)(=O)N2CCC(C(=O)Nc3nc4c(s3)CC(C)CC4)CC2)cc1. The molecule has 156 valence electrons. The number of amides is 1. The van der Waals surface area contributed by atoms with E-state index < -0.39 is 10.0 Å². The van der Waals surface area contributed by atoms with Crippen LogP contribution in [0.4, 0.5) is 5.13 Å². The van der Waals surface area contributed by atoms with E-state index in [-0.39, 0.29) is 11.8 Å². The summed E-state index contributed by atoms with van der Waals surface area (Å²) in [6, 6.07) is 6.91. The third-order valence-corrected chi connectivity index (χ3v) is 8.85. The number of hydrogen-bond donors (Lipinski definition) is 1. The number of benzene rings is 1. The van der Waals surface area contributed by atoms with Crippen molar-refractivity contribution in [3.8, 4) is 0 Å². The molecule has 1 amide bonds. The number of fused-ring (bicyclic) bond motifs is 1. The van der Waals surface area contributed by atoms with Crippen LogP contribution >= 0.6 is 11.3 Å². The lowest BCUT2D eigenvalue weighted by Crippen LogP contribution is -2.41. The summed E-state index contributed by atoms with van der Waals surface area (Å²) in [5, 5.41) is 3.66. The Bertz CT molecular complexity index is 991. The van der Waals surface area contributed by atoms with Gasteiger partial charge in [0.2, 0.25) is 15.9 Å². The first kappa shape index (κ1) is 20.5. The number of nitrogens with one attached hydrogen (secondary N) is 1. The first-order valence-electron chi connectivity index (χ1n) is 10.2. The number of aromatic nitrogens is 1. The molecule has 4 rings (SSSR count). The van der Waals surface area contributed by atoms with Gasteiger partial charge in [-0.25, -0.2) is 13.4 Å². The van der Waals surface area contributed by atoms with Gasteiger partial charge >= 0.3 is 0 Å². The monoisotopic (exact) mass is 433 g/mol. The van der Waals surface area contributed by atoms with Crippen molar-refractivity contribution in [1.29, 1.82) is 0 Å². The zero-order valence-electron chi connectivity index (χ0n) is 16.8. The fourth-order valence-electron chi connectivity index (χ4n) is 4.02. The Morgan fingerprint density at radius 1 is 1.17 bits per heavy atom. The summed E-state index contributed by atoms with van der Waals surface area (Å²) in [7, 11) is -3.50. The van der Waals surface area contributed by atoms with E-state index in [0.717, 1.165) is 30.5 Å². The summed E-state index contributed by atoms with van der Waals surface area (Å²) in [6.45, 7) is 4.90. The van der Waals surface area contributed by atoms with Crippen molar-refractivity contribution in [2.24, 2.45) is 11.8 Å². The van der Waals surface area contributed by atoms with E-state index in [2.05, 4.69) is 17.2 Å². The molecule has 1 unspecified atom stereocenters. The van der Waals surface area contributed by atoms with Gasteiger partial charge < -0.3 is 5.32 Å². The van der Waals surface area contributed by atoms with Gasteiger partial charge in [-0.3, -0.25) is 4.79 Å². The Morgan fingerprint density at radius 2 is 1.86 bits per heavy atom. The van der Waals surface area contributed by atoms with Gasteiger partial charge in [0.05, 0.1) is 10.6 Å². The summed E-state index contributed by atoms with van der Waals surface area (Å²) in [6.07, 6.45) is 4.23. The van der Waals surface area contributed by atoms with Gasteiger partial charge in [-0.2, -0.15) is 4.31 Å². The van der Waals surface area contributed by atoms with Gasteiger partial charge in [0.25, 0.3) is 0 Å². The molecule has 2 aliphatic rings. The second-order valence-corrected chi connectivity index (χ2v) is 11.2. The van der Waals surface area contributed by atoms with Crippen LogP contribution in [0.15, 0.2) is 29.2 Å². The van der Waals surface area contributed by atoms with E-state index in [4.69, 9.17) is 0 Å². The Morgan fingerprint density at radius 3 is 2.55 bits per heavy atom. The molecule has 2 heterocycles. The number of thiazole rings is 1. The molecule has 1 saturated heterocycles. The average molecular weight is 434 g/mol. The molecular weight excluding hydrogens is 406 g/mol. The third-order valence-electron chi connectivity index (χ3n) is 5.90. The van der Waals surface area contributed by atoms with Crippen molar-refractivity contribution in [3.63, 3.8) is 0 Å². The lowest BCUT2D eigenvalue weighted by molar-refractivity contribution is -0.120. The number of rotatable bonds is 4. The maximum absolute atomic E-state index is 12.8. The first-order chi connectivity index (χ1) is 13.8. The van der Waals surface area contributed by atoms with Crippen LogP contribution in [0.5, 0.6) is 0 Å². The van der Waals surface area contributed by atoms with E-state index >= 15 is 0 Å². The molecule has 2 aromatic rings. The van der Waals surface area contributed by atoms with E-state index in [1.807, 2.05) is 6.92 Å². The number of sulfonamides is 1. The Kier molecular flexibility index (Phi) is 5.77. The van der Waals surface area contributed by atoms with Gasteiger partial charge in [-0.1, -0.05) is 24.6 Å². The molecule has 0 radical (unpaired) electrons. The van der Waals surface area contributed by atoms with Gasteiger partial charge in [-0.05, 0) is 57.1 Å². The first-order valence-corrected chi connectivity index (χ1v) is 12.4. The smallest absolute Gasteiger partial charge is 0.243 e. The molecule has 1 N–H and O–H groups in total. The highest BCUT2D eigenvalue weighted by Crippen LogP contribution is 2.33. The van der Waals surface area contributed by atoms with Crippen LogP contribution in [0.2, 0.25) is 0 Å². The van der Waals surface area contributed by atoms with Crippen LogP contribution in [-0.4, -0.2) is 36.7 Å². The van der Waals surface area contributed by atoms with Crippen molar-refractivity contribution in [2.45, 2.75) is 50.8 Å². The molecule has 0 spiro atoms. The minimum atomic E-state index is -3.50. The maximum Gasteiger partial charge on any atom is 0.243 e. The molecule has 6 nitrogen and oxygen atoms in total. The molecule has 1 atom stereocenters. The predicted molar refractivity (Wildman–Crippen MR) is 115 cm³/mol. The fourth-order valence-corrected chi connectivity index (χ4v) is 6.66. The largest absolute Gasteiger partial charge is 0.302 e. The lowest BCUT2D eigenvalue weighted by atomic mass is 9.93.